The predicted molar refractivity (Wildman–Crippen MR) is 111 cm³/mol. The number of hydrogen-bond donors (Lipinski definition) is 1. The number of carbonyl (C=O) groups is 3. The number of Topliss-reactive ketones (excluding diaryl/α,β-unsaturated/α-hetero) is 1. The van der Waals surface area contributed by atoms with Crippen molar-refractivity contribution in [2.45, 2.75) is 70.4 Å². The van der Waals surface area contributed by atoms with Crippen LogP contribution in [0.1, 0.15) is 58.3 Å². The summed E-state index contributed by atoms with van der Waals surface area (Å²) >= 11 is 0. The Balaban J connectivity index is 1.99. The highest BCUT2D eigenvalue weighted by Crippen LogP contribution is 2.57. The van der Waals surface area contributed by atoms with E-state index < -0.39 is 23.5 Å². The maximum atomic E-state index is 13.0. The highest BCUT2D eigenvalue weighted by Gasteiger charge is 2.61. The summed E-state index contributed by atoms with van der Waals surface area (Å²) in [5, 5.41) is 10.1. The molecule has 1 heterocycles. The standard InChI is InChI=1S/C23H35NO5/c1-5-7-8-9-10-11-16(3)21(27)24-15-18(25)12-19(24)20(26)14-23(22(28)29-4)13-17(23)6-2/h5-6,16-19,25H,1-2,7-15H2,3-4H3/t16-,17+,18+,19-,23+/m0/s1. The molecule has 162 valence electrons. The van der Waals surface area contributed by atoms with Crippen molar-refractivity contribution in [2.75, 3.05) is 13.7 Å². The molecular formula is C23H35NO5. The summed E-state index contributed by atoms with van der Waals surface area (Å²) in [6.45, 7) is 9.50. The molecular weight excluding hydrogens is 370 g/mol. The normalized spacial score (nSPS) is 29.2. The zero-order chi connectivity index (χ0) is 21.6. The average Bonchev–Trinajstić information content (AvgIpc) is 3.28. The first kappa shape index (κ1) is 23.3. The molecule has 1 saturated heterocycles. The van der Waals surface area contributed by atoms with Crippen LogP contribution in [0.3, 0.4) is 0 Å². The average molecular weight is 406 g/mol. The first-order valence-electron chi connectivity index (χ1n) is 10.6. The summed E-state index contributed by atoms with van der Waals surface area (Å²) in [7, 11) is 1.32. The molecule has 1 amide bonds. The summed E-state index contributed by atoms with van der Waals surface area (Å²) in [5.41, 5.74) is -0.855. The number of ketones is 1. The van der Waals surface area contributed by atoms with Crippen molar-refractivity contribution in [3.8, 4) is 0 Å². The van der Waals surface area contributed by atoms with E-state index in [0.29, 0.717) is 6.42 Å². The molecule has 0 unspecified atom stereocenters. The first-order chi connectivity index (χ1) is 13.8. The van der Waals surface area contributed by atoms with Crippen molar-refractivity contribution < 1.29 is 24.2 Å². The predicted octanol–water partition coefficient (Wildman–Crippen LogP) is 3.05. The molecule has 0 radical (unpaired) electrons. The maximum Gasteiger partial charge on any atom is 0.312 e. The summed E-state index contributed by atoms with van der Waals surface area (Å²) in [5.74, 6) is -0.950. The Morgan fingerprint density at radius 2 is 2.00 bits per heavy atom. The smallest absolute Gasteiger partial charge is 0.312 e. The summed E-state index contributed by atoms with van der Waals surface area (Å²) in [6, 6.07) is -0.673. The third-order valence-electron chi connectivity index (χ3n) is 6.40. The van der Waals surface area contributed by atoms with Gasteiger partial charge in [0.25, 0.3) is 0 Å². The molecule has 1 saturated carbocycles. The SMILES string of the molecule is C=CCCCCC[C@H](C)C(=O)N1C[C@H](O)C[C@H]1C(=O)C[C@]1(C(=O)OC)C[C@H]1C=C. The molecule has 0 aromatic carbocycles. The number of β-amino-alcohol motifs (C(OH)–C–C–N with tert-alkyl or cyclic N) is 1. The van der Waals surface area contributed by atoms with Gasteiger partial charge in [-0.3, -0.25) is 14.4 Å². The van der Waals surface area contributed by atoms with Gasteiger partial charge < -0.3 is 14.7 Å². The molecule has 6 nitrogen and oxygen atoms in total. The van der Waals surface area contributed by atoms with Crippen molar-refractivity contribution >= 4 is 17.7 Å². The van der Waals surface area contributed by atoms with Crippen LogP contribution in [0.2, 0.25) is 0 Å². The van der Waals surface area contributed by atoms with Crippen LogP contribution in [0.15, 0.2) is 25.3 Å². The van der Waals surface area contributed by atoms with Gasteiger partial charge in [0.2, 0.25) is 5.91 Å². The molecule has 0 spiro atoms. The Kier molecular flexibility index (Phi) is 8.20. The number of esters is 1. The van der Waals surface area contributed by atoms with Crippen LogP contribution in [0, 0.1) is 17.3 Å². The summed E-state index contributed by atoms with van der Waals surface area (Å²) in [4.78, 5) is 39.8. The number of amides is 1. The maximum absolute atomic E-state index is 13.0. The molecule has 2 rings (SSSR count). The van der Waals surface area contributed by atoms with Gasteiger partial charge in [-0.15, -0.1) is 13.2 Å². The van der Waals surface area contributed by atoms with E-state index in [4.69, 9.17) is 4.74 Å². The summed E-state index contributed by atoms with van der Waals surface area (Å²) < 4.78 is 4.90. The lowest BCUT2D eigenvalue weighted by molar-refractivity contribution is -0.150. The minimum Gasteiger partial charge on any atom is -0.469 e. The van der Waals surface area contributed by atoms with Gasteiger partial charge in [0.1, 0.15) is 0 Å². The van der Waals surface area contributed by atoms with E-state index in [0.717, 1.165) is 32.1 Å². The van der Waals surface area contributed by atoms with Crippen LogP contribution in [0.4, 0.5) is 0 Å². The van der Waals surface area contributed by atoms with Gasteiger partial charge in [-0.05, 0) is 31.6 Å². The molecule has 2 fully saturated rings. The number of ether oxygens (including phenoxy) is 1. The molecule has 29 heavy (non-hydrogen) atoms. The number of carbonyl (C=O) groups excluding carboxylic acids is 3. The fourth-order valence-electron chi connectivity index (χ4n) is 4.47. The van der Waals surface area contributed by atoms with Gasteiger partial charge in [0.05, 0.1) is 24.7 Å². The van der Waals surface area contributed by atoms with Crippen LogP contribution in [-0.2, 0) is 19.1 Å². The number of aliphatic hydroxyl groups excluding tert-OH is 1. The van der Waals surface area contributed by atoms with E-state index in [1.165, 1.54) is 12.0 Å². The third-order valence-corrected chi connectivity index (χ3v) is 6.40. The fourth-order valence-corrected chi connectivity index (χ4v) is 4.47. The number of hydrogen-bond acceptors (Lipinski definition) is 5. The summed E-state index contributed by atoms with van der Waals surface area (Å²) in [6.07, 6.45) is 8.45. The molecule has 1 aliphatic heterocycles. The lowest BCUT2D eigenvalue weighted by atomic mass is 9.91. The molecule has 6 heteroatoms. The van der Waals surface area contributed by atoms with Crippen LogP contribution >= 0.6 is 0 Å². The first-order valence-corrected chi connectivity index (χ1v) is 10.6. The quantitative estimate of drug-likeness (QED) is 0.306. The number of rotatable bonds is 12. The van der Waals surface area contributed by atoms with E-state index in [-0.39, 0.29) is 42.9 Å². The molecule has 2 aliphatic rings. The topological polar surface area (TPSA) is 83.9 Å². The van der Waals surface area contributed by atoms with E-state index in [1.807, 2.05) is 13.0 Å². The van der Waals surface area contributed by atoms with Crippen molar-refractivity contribution in [1.29, 1.82) is 0 Å². The molecule has 0 bridgehead atoms. The van der Waals surface area contributed by atoms with Gasteiger partial charge in [0.15, 0.2) is 5.78 Å². The van der Waals surface area contributed by atoms with Gasteiger partial charge >= 0.3 is 5.97 Å². The number of unbranched alkanes of at least 4 members (excludes halogenated alkanes) is 3. The van der Waals surface area contributed by atoms with Crippen LogP contribution in [0.25, 0.3) is 0 Å². The Bertz CT molecular complexity index is 645. The zero-order valence-electron chi connectivity index (χ0n) is 17.8. The Labute approximate surface area is 174 Å². The number of likely N-dealkylation sites (tertiary alicyclic amines) is 1. The second-order valence-electron chi connectivity index (χ2n) is 8.56. The zero-order valence-corrected chi connectivity index (χ0v) is 17.8. The molecule has 0 aromatic rings. The van der Waals surface area contributed by atoms with Crippen molar-refractivity contribution in [3.63, 3.8) is 0 Å². The largest absolute Gasteiger partial charge is 0.469 e. The van der Waals surface area contributed by atoms with E-state index >= 15 is 0 Å². The van der Waals surface area contributed by atoms with Crippen molar-refractivity contribution in [3.05, 3.63) is 25.3 Å². The molecule has 1 aliphatic carbocycles. The highest BCUT2D eigenvalue weighted by molar-refractivity contribution is 5.95. The van der Waals surface area contributed by atoms with E-state index in [9.17, 15) is 19.5 Å². The number of nitrogens with zero attached hydrogens (tertiary/aromatic N) is 1. The van der Waals surface area contributed by atoms with Gasteiger partial charge in [-0.2, -0.15) is 0 Å². The van der Waals surface area contributed by atoms with Gasteiger partial charge in [0, 0.05) is 25.3 Å². The minimum atomic E-state index is -0.855. The second kappa shape index (κ2) is 10.2. The van der Waals surface area contributed by atoms with Crippen molar-refractivity contribution in [2.24, 2.45) is 17.3 Å². The lowest BCUT2D eigenvalue weighted by Gasteiger charge is -2.27. The lowest BCUT2D eigenvalue weighted by Crippen LogP contribution is -2.44. The monoisotopic (exact) mass is 405 g/mol. The van der Waals surface area contributed by atoms with Crippen LogP contribution < -0.4 is 0 Å². The van der Waals surface area contributed by atoms with Gasteiger partial charge in [-0.25, -0.2) is 0 Å². The molecule has 0 aromatic heterocycles. The number of allylic oxidation sites excluding steroid dienone is 2. The molecule has 5 atom stereocenters. The number of methoxy groups -OCH3 is 1. The third kappa shape index (κ3) is 5.35. The second-order valence-corrected chi connectivity index (χ2v) is 8.56. The fraction of sp³-hybridized carbons (Fsp3) is 0.696. The van der Waals surface area contributed by atoms with Gasteiger partial charge in [-0.1, -0.05) is 31.9 Å². The van der Waals surface area contributed by atoms with Crippen molar-refractivity contribution in [1.82, 2.24) is 4.90 Å². The Morgan fingerprint density at radius 3 is 2.59 bits per heavy atom. The number of aliphatic hydroxyl groups is 1. The highest BCUT2D eigenvalue weighted by atomic mass is 16.5. The van der Waals surface area contributed by atoms with E-state index in [1.54, 1.807) is 6.08 Å². The minimum absolute atomic E-state index is 0.0213. The Morgan fingerprint density at radius 1 is 1.28 bits per heavy atom. The van der Waals surface area contributed by atoms with Crippen LogP contribution in [0.5, 0.6) is 0 Å². The van der Waals surface area contributed by atoms with Crippen LogP contribution in [-0.4, -0.2) is 53.5 Å². The van der Waals surface area contributed by atoms with E-state index in [2.05, 4.69) is 13.2 Å². The molecule has 1 N–H and O–H groups in total. The Hall–Kier alpha value is -1.95.